The number of aliphatic hydroxyl groups excluding tert-OH is 3. The number of rotatable bonds is 8. The van der Waals surface area contributed by atoms with Crippen LogP contribution in [0.15, 0.2) is 12.4 Å². The molecule has 0 saturated heterocycles. The summed E-state index contributed by atoms with van der Waals surface area (Å²) in [5, 5.41) is 36.9. The Morgan fingerprint density at radius 2 is 2.00 bits per heavy atom. The molecule has 6 nitrogen and oxygen atoms in total. The maximum atomic E-state index is 9.88. The summed E-state index contributed by atoms with van der Waals surface area (Å²) in [4.78, 5) is 8.31. The monoisotopic (exact) mass is 279 g/mol. The van der Waals surface area contributed by atoms with Gasteiger partial charge in [0, 0.05) is 19.2 Å². The summed E-state index contributed by atoms with van der Waals surface area (Å²) in [5.74, 6) is 0.311. The molecule has 3 unspecified atom stereocenters. The second-order valence-electron chi connectivity index (χ2n) is 4.96. The van der Waals surface area contributed by atoms with Crippen LogP contribution in [0.2, 0.25) is 0 Å². The first-order valence-electron chi connectivity index (χ1n) is 6.73. The van der Waals surface area contributed by atoms with Crippen LogP contribution in [0.3, 0.4) is 0 Å². The SMILES string of the molecule is CC(CCO)Cc1cnc(C(O)C(O)CCC#N)cn1. The van der Waals surface area contributed by atoms with Gasteiger partial charge in [-0.05, 0) is 25.2 Å². The van der Waals surface area contributed by atoms with Crippen LogP contribution in [-0.2, 0) is 6.42 Å². The Balaban J connectivity index is 2.59. The van der Waals surface area contributed by atoms with Crippen LogP contribution in [0.5, 0.6) is 0 Å². The highest BCUT2D eigenvalue weighted by Gasteiger charge is 2.19. The average molecular weight is 279 g/mol. The van der Waals surface area contributed by atoms with Gasteiger partial charge in [-0.3, -0.25) is 9.97 Å². The number of nitriles is 1. The number of hydrogen-bond donors (Lipinski definition) is 3. The molecule has 0 saturated carbocycles. The molecule has 6 heteroatoms. The Kier molecular flexibility index (Phi) is 7.09. The summed E-state index contributed by atoms with van der Waals surface area (Å²) in [5.41, 5.74) is 1.09. The molecule has 0 aliphatic heterocycles. The minimum atomic E-state index is -1.13. The third-order valence-corrected chi connectivity index (χ3v) is 3.12. The normalized spacial score (nSPS) is 15.3. The zero-order valence-corrected chi connectivity index (χ0v) is 11.6. The lowest BCUT2D eigenvalue weighted by Crippen LogP contribution is -2.19. The molecule has 0 fully saturated rings. The van der Waals surface area contributed by atoms with Gasteiger partial charge in [-0.1, -0.05) is 6.92 Å². The zero-order valence-electron chi connectivity index (χ0n) is 11.6. The van der Waals surface area contributed by atoms with Crippen LogP contribution in [0.25, 0.3) is 0 Å². The molecule has 1 heterocycles. The molecule has 0 radical (unpaired) electrons. The third-order valence-electron chi connectivity index (χ3n) is 3.12. The Labute approximate surface area is 118 Å². The van der Waals surface area contributed by atoms with Gasteiger partial charge in [0.25, 0.3) is 0 Å². The van der Waals surface area contributed by atoms with E-state index in [-0.39, 0.29) is 19.4 Å². The van der Waals surface area contributed by atoms with E-state index in [4.69, 9.17) is 10.4 Å². The summed E-state index contributed by atoms with van der Waals surface area (Å²) in [6.45, 7) is 2.17. The first-order valence-corrected chi connectivity index (χ1v) is 6.73. The van der Waals surface area contributed by atoms with Gasteiger partial charge in [0.15, 0.2) is 0 Å². The Hall–Kier alpha value is -1.55. The van der Waals surface area contributed by atoms with Crippen molar-refractivity contribution in [1.29, 1.82) is 5.26 Å². The van der Waals surface area contributed by atoms with E-state index in [0.29, 0.717) is 24.5 Å². The maximum Gasteiger partial charge on any atom is 0.123 e. The first kappa shape index (κ1) is 16.5. The zero-order chi connectivity index (χ0) is 15.0. The Morgan fingerprint density at radius 1 is 1.25 bits per heavy atom. The number of nitrogens with zero attached hydrogens (tertiary/aromatic N) is 3. The van der Waals surface area contributed by atoms with Gasteiger partial charge < -0.3 is 15.3 Å². The van der Waals surface area contributed by atoms with E-state index in [2.05, 4.69) is 9.97 Å². The molecule has 1 aromatic rings. The molecule has 0 spiro atoms. The minimum Gasteiger partial charge on any atom is -0.396 e. The van der Waals surface area contributed by atoms with E-state index in [0.717, 1.165) is 5.69 Å². The second-order valence-corrected chi connectivity index (χ2v) is 4.96. The van der Waals surface area contributed by atoms with Gasteiger partial charge in [0.1, 0.15) is 6.10 Å². The molecule has 3 atom stereocenters. The predicted octanol–water partition coefficient (Wildman–Crippen LogP) is 0.736. The van der Waals surface area contributed by atoms with Gasteiger partial charge in [-0.25, -0.2) is 0 Å². The average Bonchev–Trinajstić information content (AvgIpc) is 2.45. The molecule has 0 aliphatic rings. The molecule has 20 heavy (non-hydrogen) atoms. The van der Waals surface area contributed by atoms with E-state index in [1.54, 1.807) is 6.20 Å². The molecule has 1 aromatic heterocycles. The lowest BCUT2D eigenvalue weighted by atomic mass is 10.0. The fraction of sp³-hybridized carbons (Fsp3) is 0.643. The summed E-state index contributed by atoms with van der Waals surface area (Å²) < 4.78 is 0. The van der Waals surface area contributed by atoms with Gasteiger partial charge in [0.2, 0.25) is 0 Å². The number of aromatic nitrogens is 2. The molecule has 0 aliphatic carbocycles. The molecular formula is C14H21N3O3. The fourth-order valence-electron chi connectivity index (χ4n) is 1.87. The highest BCUT2D eigenvalue weighted by atomic mass is 16.3. The molecule has 3 N–H and O–H groups in total. The van der Waals surface area contributed by atoms with Crippen LogP contribution in [-0.4, -0.2) is 38.0 Å². The molecule has 0 amide bonds. The van der Waals surface area contributed by atoms with Crippen molar-refractivity contribution in [1.82, 2.24) is 9.97 Å². The van der Waals surface area contributed by atoms with Gasteiger partial charge in [-0.2, -0.15) is 5.26 Å². The molecule has 110 valence electrons. The summed E-state index contributed by atoms with van der Waals surface area (Å²) in [6.07, 6.45) is 2.68. The second kappa shape index (κ2) is 8.59. The van der Waals surface area contributed by atoms with Crippen LogP contribution < -0.4 is 0 Å². The highest BCUT2D eigenvalue weighted by molar-refractivity contribution is 5.07. The van der Waals surface area contributed by atoms with Crippen LogP contribution in [0, 0.1) is 17.2 Å². The van der Waals surface area contributed by atoms with E-state index < -0.39 is 12.2 Å². The van der Waals surface area contributed by atoms with E-state index in [1.807, 2.05) is 13.0 Å². The summed E-state index contributed by atoms with van der Waals surface area (Å²) in [7, 11) is 0. The van der Waals surface area contributed by atoms with Gasteiger partial charge >= 0.3 is 0 Å². The number of aliphatic hydroxyl groups is 3. The maximum absolute atomic E-state index is 9.88. The van der Waals surface area contributed by atoms with Crippen LogP contribution in [0.1, 0.15) is 43.7 Å². The van der Waals surface area contributed by atoms with Crippen LogP contribution >= 0.6 is 0 Å². The van der Waals surface area contributed by atoms with Crippen LogP contribution in [0.4, 0.5) is 0 Å². The van der Waals surface area contributed by atoms with E-state index in [9.17, 15) is 10.2 Å². The van der Waals surface area contributed by atoms with Crippen molar-refractivity contribution in [2.45, 2.75) is 44.8 Å². The Morgan fingerprint density at radius 3 is 2.55 bits per heavy atom. The quantitative estimate of drug-likeness (QED) is 0.647. The smallest absolute Gasteiger partial charge is 0.123 e. The van der Waals surface area contributed by atoms with Crippen molar-refractivity contribution in [3.05, 3.63) is 23.8 Å². The molecule has 0 aromatic carbocycles. The lowest BCUT2D eigenvalue weighted by Gasteiger charge is -2.16. The topological polar surface area (TPSA) is 110 Å². The van der Waals surface area contributed by atoms with E-state index >= 15 is 0 Å². The molecule has 1 rings (SSSR count). The first-order chi connectivity index (χ1) is 9.58. The minimum absolute atomic E-state index is 0.149. The van der Waals surface area contributed by atoms with Crippen molar-refractivity contribution in [3.63, 3.8) is 0 Å². The van der Waals surface area contributed by atoms with Gasteiger partial charge in [-0.15, -0.1) is 0 Å². The Bertz CT molecular complexity index is 430. The molecular weight excluding hydrogens is 258 g/mol. The van der Waals surface area contributed by atoms with E-state index in [1.165, 1.54) is 6.20 Å². The highest BCUT2D eigenvalue weighted by Crippen LogP contribution is 2.18. The summed E-state index contributed by atoms with van der Waals surface area (Å²) in [6, 6.07) is 1.92. The van der Waals surface area contributed by atoms with Gasteiger partial charge in [0.05, 0.1) is 29.8 Å². The van der Waals surface area contributed by atoms with Crippen molar-refractivity contribution in [2.75, 3.05) is 6.61 Å². The lowest BCUT2D eigenvalue weighted by molar-refractivity contribution is 0.0116. The van der Waals surface area contributed by atoms with Crippen molar-refractivity contribution < 1.29 is 15.3 Å². The number of hydrogen-bond acceptors (Lipinski definition) is 6. The predicted molar refractivity (Wildman–Crippen MR) is 72.4 cm³/mol. The fourth-order valence-corrected chi connectivity index (χ4v) is 1.87. The van der Waals surface area contributed by atoms with Crippen molar-refractivity contribution in [3.8, 4) is 6.07 Å². The standard InChI is InChI=1S/C14H21N3O3/c1-10(4-6-18)7-11-8-17-12(9-16-11)14(20)13(19)3-2-5-15/h8-10,13-14,18-20H,2-4,6-7H2,1H3. The molecule has 0 bridgehead atoms. The third kappa shape index (κ3) is 5.21. The van der Waals surface area contributed by atoms with Crippen molar-refractivity contribution in [2.24, 2.45) is 5.92 Å². The largest absolute Gasteiger partial charge is 0.396 e. The van der Waals surface area contributed by atoms with Crippen molar-refractivity contribution >= 4 is 0 Å². The summed E-state index contributed by atoms with van der Waals surface area (Å²) >= 11 is 0.